The highest BCUT2D eigenvalue weighted by Gasteiger charge is 2.11. The van der Waals surface area contributed by atoms with Gasteiger partial charge in [-0.15, -0.1) is 0 Å². The summed E-state index contributed by atoms with van der Waals surface area (Å²) in [7, 11) is 1.58. The minimum absolute atomic E-state index is 0.0379. The third-order valence-corrected chi connectivity index (χ3v) is 3.54. The van der Waals surface area contributed by atoms with Crippen molar-refractivity contribution in [3.8, 4) is 11.5 Å². The van der Waals surface area contributed by atoms with Crippen molar-refractivity contribution in [1.82, 2.24) is 0 Å². The number of rotatable bonds is 4. The summed E-state index contributed by atoms with van der Waals surface area (Å²) in [6.07, 6.45) is 3.05. The molecule has 1 aromatic heterocycles. The van der Waals surface area contributed by atoms with Crippen molar-refractivity contribution in [3.63, 3.8) is 0 Å². The molecule has 0 amide bonds. The van der Waals surface area contributed by atoms with Gasteiger partial charge < -0.3 is 14.3 Å². The average molecular weight is 322 g/mol. The molecule has 24 heavy (non-hydrogen) atoms. The number of aromatic hydroxyl groups is 1. The molecule has 3 rings (SSSR count). The molecule has 0 aliphatic carbocycles. The number of benzene rings is 2. The van der Waals surface area contributed by atoms with Crippen LogP contribution in [0, 0.1) is 0 Å². The van der Waals surface area contributed by atoms with Gasteiger partial charge in [-0.05, 0) is 35.9 Å². The van der Waals surface area contributed by atoms with Crippen LogP contribution in [0.25, 0.3) is 17.0 Å². The second kappa shape index (κ2) is 6.42. The minimum Gasteiger partial charge on any atom is -0.508 e. The van der Waals surface area contributed by atoms with Crippen molar-refractivity contribution in [3.05, 3.63) is 76.2 Å². The van der Waals surface area contributed by atoms with Crippen molar-refractivity contribution in [2.45, 2.75) is 0 Å². The number of phenols is 1. The zero-order valence-corrected chi connectivity index (χ0v) is 12.9. The largest absolute Gasteiger partial charge is 0.508 e. The molecular weight excluding hydrogens is 308 g/mol. The van der Waals surface area contributed by atoms with Gasteiger partial charge in [0.05, 0.1) is 7.11 Å². The Morgan fingerprint density at radius 1 is 1.12 bits per heavy atom. The Hall–Kier alpha value is -3.34. The van der Waals surface area contributed by atoms with Crippen LogP contribution in [0.2, 0.25) is 0 Å². The quantitative estimate of drug-likeness (QED) is 0.452. The zero-order chi connectivity index (χ0) is 17.1. The molecule has 1 N–H and O–H groups in total. The van der Waals surface area contributed by atoms with Crippen LogP contribution in [0.15, 0.2) is 63.8 Å². The van der Waals surface area contributed by atoms with Gasteiger partial charge in [-0.1, -0.05) is 18.2 Å². The molecule has 0 aliphatic heterocycles. The molecule has 5 nitrogen and oxygen atoms in total. The lowest BCUT2D eigenvalue weighted by Crippen LogP contribution is -2.04. The van der Waals surface area contributed by atoms with Gasteiger partial charge in [0.15, 0.2) is 5.78 Å². The lowest BCUT2D eigenvalue weighted by atomic mass is 10.0. The van der Waals surface area contributed by atoms with E-state index < -0.39 is 5.63 Å². The van der Waals surface area contributed by atoms with Crippen LogP contribution in [0.3, 0.4) is 0 Å². The van der Waals surface area contributed by atoms with Gasteiger partial charge in [0.1, 0.15) is 17.1 Å². The zero-order valence-electron chi connectivity index (χ0n) is 12.9. The molecule has 0 spiro atoms. The maximum absolute atomic E-state index is 12.4. The first-order valence-corrected chi connectivity index (χ1v) is 7.20. The first kappa shape index (κ1) is 15.6. The van der Waals surface area contributed by atoms with Crippen molar-refractivity contribution in [2.75, 3.05) is 7.11 Å². The van der Waals surface area contributed by atoms with Crippen LogP contribution < -0.4 is 10.4 Å². The maximum Gasteiger partial charge on any atom is 0.336 e. The molecule has 0 atom stereocenters. The molecule has 5 heteroatoms. The molecule has 2 aromatic carbocycles. The lowest BCUT2D eigenvalue weighted by molar-refractivity contribution is 0.104. The van der Waals surface area contributed by atoms with Gasteiger partial charge in [-0.3, -0.25) is 4.79 Å². The SMILES string of the molecule is COc1ccc(/C=C/C(=O)c2cc(=O)oc3cc(O)ccc23)cc1. The van der Waals surface area contributed by atoms with E-state index in [1.165, 1.54) is 18.2 Å². The minimum atomic E-state index is -0.644. The first-order valence-electron chi connectivity index (χ1n) is 7.20. The van der Waals surface area contributed by atoms with E-state index in [2.05, 4.69) is 0 Å². The number of carbonyl (C=O) groups excluding carboxylic acids is 1. The fraction of sp³-hybridized carbons (Fsp3) is 0.0526. The molecule has 0 aliphatic rings. The fourth-order valence-corrected chi connectivity index (χ4v) is 2.33. The Bertz CT molecular complexity index is 981. The van der Waals surface area contributed by atoms with E-state index in [0.29, 0.717) is 5.39 Å². The molecule has 0 saturated heterocycles. The number of ketones is 1. The molecular formula is C19H14O5. The standard InChI is InChI=1S/C19H14O5/c1-23-14-6-2-12(3-7-14)4-9-17(21)16-11-19(22)24-18-10-13(20)5-8-15(16)18/h2-11,20H,1H3/b9-4+. The van der Waals surface area contributed by atoms with Crippen LogP contribution in [-0.4, -0.2) is 18.0 Å². The Labute approximate surface area is 137 Å². The van der Waals surface area contributed by atoms with E-state index >= 15 is 0 Å². The van der Waals surface area contributed by atoms with E-state index in [9.17, 15) is 14.7 Å². The fourth-order valence-electron chi connectivity index (χ4n) is 2.33. The summed E-state index contributed by atoms with van der Waals surface area (Å²) >= 11 is 0. The van der Waals surface area contributed by atoms with Gasteiger partial charge >= 0.3 is 5.63 Å². The van der Waals surface area contributed by atoms with Crippen LogP contribution in [-0.2, 0) is 0 Å². The second-order valence-corrected chi connectivity index (χ2v) is 5.13. The smallest absolute Gasteiger partial charge is 0.336 e. The molecule has 0 radical (unpaired) electrons. The summed E-state index contributed by atoms with van der Waals surface area (Å²) in [5, 5.41) is 9.94. The van der Waals surface area contributed by atoms with Crippen LogP contribution in [0.4, 0.5) is 0 Å². The van der Waals surface area contributed by atoms with Gasteiger partial charge in [0, 0.05) is 23.1 Å². The summed E-state index contributed by atoms with van der Waals surface area (Å²) in [5.41, 5.74) is 0.582. The van der Waals surface area contributed by atoms with Crippen molar-refractivity contribution >= 4 is 22.8 Å². The van der Waals surface area contributed by atoms with Crippen LogP contribution in [0.1, 0.15) is 15.9 Å². The van der Waals surface area contributed by atoms with E-state index in [0.717, 1.165) is 17.4 Å². The van der Waals surface area contributed by atoms with E-state index in [4.69, 9.17) is 9.15 Å². The Balaban J connectivity index is 1.96. The Morgan fingerprint density at radius 3 is 2.58 bits per heavy atom. The highest BCUT2D eigenvalue weighted by atomic mass is 16.5. The van der Waals surface area contributed by atoms with Crippen molar-refractivity contribution in [2.24, 2.45) is 0 Å². The average Bonchev–Trinajstić information content (AvgIpc) is 2.59. The highest BCUT2D eigenvalue weighted by molar-refractivity contribution is 6.14. The summed E-state index contributed by atoms with van der Waals surface area (Å²) in [4.78, 5) is 24.1. The number of hydrogen-bond acceptors (Lipinski definition) is 5. The summed E-state index contributed by atoms with van der Waals surface area (Å²) < 4.78 is 10.1. The Kier molecular flexibility index (Phi) is 4.16. The van der Waals surface area contributed by atoms with Gasteiger partial charge in [-0.25, -0.2) is 4.79 Å². The summed E-state index contributed by atoms with van der Waals surface area (Å²) in [6, 6.07) is 12.7. The first-order chi connectivity index (χ1) is 11.6. The molecule has 0 bridgehead atoms. The van der Waals surface area contributed by atoms with Crippen molar-refractivity contribution in [1.29, 1.82) is 0 Å². The normalized spacial score (nSPS) is 11.0. The predicted molar refractivity (Wildman–Crippen MR) is 90.5 cm³/mol. The summed E-state index contributed by atoms with van der Waals surface area (Å²) in [6.45, 7) is 0. The lowest BCUT2D eigenvalue weighted by Gasteiger charge is -2.03. The van der Waals surface area contributed by atoms with Gasteiger partial charge in [0.25, 0.3) is 0 Å². The number of phenolic OH excluding ortho intramolecular Hbond substituents is 1. The molecule has 0 fully saturated rings. The molecule has 120 valence electrons. The number of allylic oxidation sites excluding steroid dienone is 1. The number of ether oxygens (including phenoxy) is 1. The predicted octanol–water partition coefficient (Wildman–Crippen LogP) is 3.40. The molecule has 3 aromatic rings. The summed E-state index contributed by atoms with van der Waals surface area (Å²) in [5.74, 6) is 0.364. The molecule has 0 unspecified atom stereocenters. The number of hydrogen-bond donors (Lipinski definition) is 1. The van der Waals surface area contributed by atoms with E-state index in [1.807, 2.05) is 12.1 Å². The second-order valence-electron chi connectivity index (χ2n) is 5.13. The number of carbonyl (C=O) groups is 1. The number of methoxy groups -OCH3 is 1. The van der Waals surface area contributed by atoms with Crippen LogP contribution in [0.5, 0.6) is 11.5 Å². The van der Waals surface area contributed by atoms with Crippen LogP contribution >= 0.6 is 0 Å². The highest BCUT2D eigenvalue weighted by Crippen LogP contribution is 2.22. The monoisotopic (exact) mass is 322 g/mol. The third-order valence-electron chi connectivity index (χ3n) is 3.54. The molecule has 1 heterocycles. The number of fused-ring (bicyclic) bond motifs is 1. The van der Waals surface area contributed by atoms with Gasteiger partial charge in [0.2, 0.25) is 0 Å². The van der Waals surface area contributed by atoms with E-state index in [-0.39, 0.29) is 22.7 Å². The Morgan fingerprint density at radius 2 is 1.88 bits per heavy atom. The molecule has 0 saturated carbocycles. The maximum atomic E-state index is 12.4. The van der Waals surface area contributed by atoms with E-state index in [1.54, 1.807) is 31.4 Å². The van der Waals surface area contributed by atoms with Crippen molar-refractivity contribution < 1.29 is 19.1 Å². The van der Waals surface area contributed by atoms with Gasteiger partial charge in [-0.2, -0.15) is 0 Å². The third kappa shape index (κ3) is 3.20. The topological polar surface area (TPSA) is 76.7 Å².